The van der Waals surface area contributed by atoms with Gasteiger partial charge in [0.2, 0.25) is 0 Å². The summed E-state index contributed by atoms with van der Waals surface area (Å²) in [5.41, 5.74) is 2.31. The van der Waals surface area contributed by atoms with Crippen LogP contribution in [0.25, 0.3) is 11.1 Å². The molecule has 2 aromatic rings. The number of halogens is 4. The number of aliphatic hydroxyl groups excluding tert-OH is 1. The van der Waals surface area contributed by atoms with Gasteiger partial charge in [-0.25, -0.2) is 0 Å². The average Bonchev–Trinajstić information content (AvgIpc) is 2.35. The normalized spacial score (nSPS) is 10.7. The monoisotopic (exact) mass is 320 g/mol. The molecule has 0 heterocycles. The molecule has 0 fully saturated rings. The van der Waals surface area contributed by atoms with Crippen LogP contribution in [-0.4, -0.2) is 5.11 Å². The molecule has 18 heavy (non-hydrogen) atoms. The number of rotatable bonds is 2. The van der Waals surface area contributed by atoms with Crippen LogP contribution in [0.15, 0.2) is 30.3 Å². The first-order chi connectivity index (χ1) is 8.52. The van der Waals surface area contributed by atoms with Crippen molar-refractivity contribution in [1.29, 1.82) is 0 Å². The van der Waals surface area contributed by atoms with Gasteiger partial charge in [0.1, 0.15) is 0 Å². The Morgan fingerprint density at radius 2 is 1.50 bits per heavy atom. The van der Waals surface area contributed by atoms with Crippen LogP contribution in [-0.2, 0) is 6.61 Å². The molecule has 0 aliphatic carbocycles. The third kappa shape index (κ3) is 2.76. The zero-order valence-electron chi connectivity index (χ0n) is 9.05. The van der Waals surface area contributed by atoms with Gasteiger partial charge >= 0.3 is 0 Å². The highest BCUT2D eigenvalue weighted by atomic mass is 35.5. The Morgan fingerprint density at radius 1 is 0.889 bits per heavy atom. The molecule has 0 aliphatic heterocycles. The molecule has 0 radical (unpaired) electrons. The molecule has 0 saturated heterocycles. The molecule has 0 spiro atoms. The van der Waals surface area contributed by atoms with Crippen molar-refractivity contribution < 1.29 is 5.11 Å². The molecule has 0 aliphatic rings. The minimum atomic E-state index is -0.117. The maximum Gasteiger partial charge on any atom is 0.0778 e. The minimum absolute atomic E-state index is 0.117. The Morgan fingerprint density at radius 3 is 2.06 bits per heavy atom. The standard InChI is InChI=1S/C13H8Cl4O/c14-9-1-2-10(8(3-9)6-18)7-4-11(15)13(17)12(16)5-7/h1-5,18H,6H2. The van der Waals surface area contributed by atoms with E-state index in [9.17, 15) is 5.11 Å². The van der Waals surface area contributed by atoms with Gasteiger partial charge < -0.3 is 5.11 Å². The molecule has 1 N–H and O–H groups in total. The Bertz CT molecular complexity index is 573. The van der Waals surface area contributed by atoms with E-state index in [-0.39, 0.29) is 6.61 Å². The molecule has 0 unspecified atom stereocenters. The van der Waals surface area contributed by atoms with Gasteiger partial charge in [0.05, 0.1) is 21.7 Å². The molecular weight excluding hydrogens is 314 g/mol. The van der Waals surface area contributed by atoms with Gasteiger partial charge in [-0.05, 0) is 41.0 Å². The van der Waals surface area contributed by atoms with Crippen LogP contribution < -0.4 is 0 Å². The molecule has 94 valence electrons. The summed E-state index contributed by atoms with van der Waals surface area (Å²) < 4.78 is 0. The maximum atomic E-state index is 9.35. The van der Waals surface area contributed by atoms with E-state index in [2.05, 4.69) is 0 Å². The van der Waals surface area contributed by atoms with Gasteiger partial charge in [0.15, 0.2) is 0 Å². The van der Waals surface area contributed by atoms with Crippen molar-refractivity contribution in [2.45, 2.75) is 6.61 Å². The van der Waals surface area contributed by atoms with E-state index in [1.54, 1.807) is 24.3 Å². The maximum absolute atomic E-state index is 9.35. The van der Waals surface area contributed by atoms with Gasteiger partial charge in [-0.1, -0.05) is 52.5 Å². The predicted octanol–water partition coefficient (Wildman–Crippen LogP) is 5.46. The summed E-state index contributed by atoms with van der Waals surface area (Å²) in [5.74, 6) is 0. The van der Waals surface area contributed by atoms with Crippen LogP contribution >= 0.6 is 46.4 Å². The van der Waals surface area contributed by atoms with Crippen molar-refractivity contribution in [3.05, 3.63) is 56.0 Å². The zero-order chi connectivity index (χ0) is 13.3. The SMILES string of the molecule is OCc1cc(Cl)ccc1-c1cc(Cl)c(Cl)c(Cl)c1. The Hall–Kier alpha value is -0.440. The van der Waals surface area contributed by atoms with Crippen LogP contribution in [0.1, 0.15) is 5.56 Å². The molecule has 0 atom stereocenters. The van der Waals surface area contributed by atoms with E-state index in [1.165, 1.54) is 0 Å². The lowest BCUT2D eigenvalue weighted by molar-refractivity contribution is 0.282. The number of aliphatic hydroxyl groups is 1. The van der Waals surface area contributed by atoms with E-state index in [1.807, 2.05) is 6.07 Å². The van der Waals surface area contributed by atoms with Crippen molar-refractivity contribution >= 4 is 46.4 Å². The second-order valence-corrected chi connectivity index (χ2v) is 5.34. The molecule has 0 aromatic heterocycles. The predicted molar refractivity (Wildman–Crippen MR) is 77.8 cm³/mol. The smallest absolute Gasteiger partial charge is 0.0778 e. The highest BCUT2D eigenvalue weighted by Gasteiger charge is 2.10. The summed E-state index contributed by atoms with van der Waals surface area (Å²) in [6.07, 6.45) is 0. The summed E-state index contributed by atoms with van der Waals surface area (Å²) in [6.45, 7) is -0.117. The van der Waals surface area contributed by atoms with Crippen LogP contribution in [0.4, 0.5) is 0 Å². The largest absolute Gasteiger partial charge is 0.392 e. The lowest BCUT2D eigenvalue weighted by Gasteiger charge is -2.10. The number of hydrogen-bond donors (Lipinski definition) is 1. The number of hydrogen-bond acceptors (Lipinski definition) is 1. The Labute approximate surface area is 125 Å². The quantitative estimate of drug-likeness (QED) is 0.728. The van der Waals surface area contributed by atoms with Crippen molar-refractivity contribution in [3.63, 3.8) is 0 Å². The fourth-order valence-corrected chi connectivity index (χ4v) is 2.48. The second kappa shape index (κ2) is 5.68. The minimum Gasteiger partial charge on any atom is -0.392 e. The summed E-state index contributed by atoms with van der Waals surface area (Å²) in [6, 6.07) is 8.67. The topological polar surface area (TPSA) is 20.2 Å². The first kappa shape index (κ1) is 14.0. The highest BCUT2D eigenvalue weighted by molar-refractivity contribution is 6.48. The van der Waals surface area contributed by atoms with Gasteiger partial charge in [0, 0.05) is 5.02 Å². The third-order valence-electron chi connectivity index (χ3n) is 2.53. The molecule has 2 aromatic carbocycles. The fraction of sp³-hybridized carbons (Fsp3) is 0.0769. The number of benzene rings is 2. The van der Waals surface area contributed by atoms with Crippen LogP contribution in [0.3, 0.4) is 0 Å². The Balaban J connectivity index is 2.62. The van der Waals surface area contributed by atoms with Crippen molar-refractivity contribution in [2.75, 3.05) is 0 Å². The van der Waals surface area contributed by atoms with Gasteiger partial charge in [0.25, 0.3) is 0 Å². The summed E-state index contributed by atoms with van der Waals surface area (Å²) >= 11 is 23.8. The van der Waals surface area contributed by atoms with E-state index >= 15 is 0 Å². The first-order valence-corrected chi connectivity index (χ1v) is 6.58. The molecule has 0 bridgehead atoms. The molecule has 5 heteroatoms. The van der Waals surface area contributed by atoms with E-state index in [0.717, 1.165) is 11.1 Å². The molecule has 0 saturated carbocycles. The van der Waals surface area contributed by atoms with Crippen molar-refractivity contribution in [2.24, 2.45) is 0 Å². The van der Waals surface area contributed by atoms with Gasteiger partial charge in [-0.3, -0.25) is 0 Å². The van der Waals surface area contributed by atoms with Crippen LogP contribution in [0.2, 0.25) is 20.1 Å². The Kier molecular flexibility index (Phi) is 4.41. The van der Waals surface area contributed by atoms with E-state index in [0.29, 0.717) is 25.7 Å². The van der Waals surface area contributed by atoms with E-state index < -0.39 is 0 Å². The van der Waals surface area contributed by atoms with Crippen LogP contribution in [0.5, 0.6) is 0 Å². The molecule has 2 rings (SSSR count). The fourth-order valence-electron chi connectivity index (χ4n) is 1.69. The van der Waals surface area contributed by atoms with Gasteiger partial charge in [-0.15, -0.1) is 0 Å². The van der Waals surface area contributed by atoms with E-state index in [4.69, 9.17) is 46.4 Å². The van der Waals surface area contributed by atoms with Gasteiger partial charge in [-0.2, -0.15) is 0 Å². The third-order valence-corrected chi connectivity index (χ3v) is 3.96. The zero-order valence-corrected chi connectivity index (χ0v) is 12.1. The second-order valence-electron chi connectivity index (χ2n) is 3.71. The summed E-state index contributed by atoms with van der Waals surface area (Å²) in [5, 5.41) is 11.0. The lowest BCUT2D eigenvalue weighted by atomic mass is 10.0. The highest BCUT2D eigenvalue weighted by Crippen LogP contribution is 2.36. The van der Waals surface area contributed by atoms with Crippen LogP contribution in [0, 0.1) is 0 Å². The molecule has 0 amide bonds. The first-order valence-electron chi connectivity index (χ1n) is 5.07. The summed E-state index contributed by atoms with van der Waals surface area (Å²) in [4.78, 5) is 0. The molecular formula is C13H8Cl4O. The van der Waals surface area contributed by atoms with Crippen molar-refractivity contribution in [3.8, 4) is 11.1 Å². The lowest BCUT2D eigenvalue weighted by Crippen LogP contribution is -1.90. The average molecular weight is 322 g/mol. The summed E-state index contributed by atoms with van der Waals surface area (Å²) in [7, 11) is 0. The van der Waals surface area contributed by atoms with Crippen molar-refractivity contribution in [1.82, 2.24) is 0 Å². The molecule has 1 nitrogen and oxygen atoms in total.